The van der Waals surface area contributed by atoms with Gasteiger partial charge in [0.25, 0.3) is 0 Å². The van der Waals surface area contributed by atoms with Gasteiger partial charge in [-0.2, -0.15) is 0 Å². The maximum absolute atomic E-state index is 9.17. The average Bonchev–Trinajstić information content (AvgIpc) is 2.49. The lowest BCUT2D eigenvalue weighted by Crippen LogP contribution is -2.35. The normalized spacial score (nSPS) is 24.4. The van der Waals surface area contributed by atoms with Crippen molar-refractivity contribution in [2.75, 3.05) is 13.2 Å². The van der Waals surface area contributed by atoms with Crippen LogP contribution in [0.4, 0.5) is 0 Å². The van der Waals surface area contributed by atoms with E-state index in [2.05, 4.69) is 24.4 Å². The second-order valence-electron chi connectivity index (χ2n) is 5.79. The van der Waals surface area contributed by atoms with Gasteiger partial charge in [-0.25, -0.2) is 0 Å². The fourth-order valence-electron chi connectivity index (χ4n) is 2.98. The summed E-state index contributed by atoms with van der Waals surface area (Å²) in [5.41, 5.74) is 1.30. The molecule has 2 N–H and O–H groups in total. The van der Waals surface area contributed by atoms with E-state index in [0.717, 1.165) is 18.6 Å². The zero-order valence-electron chi connectivity index (χ0n) is 12.6. The molecule has 1 unspecified atom stereocenters. The van der Waals surface area contributed by atoms with Gasteiger partial charge in [-0.1, -0.05) is 12.1 Å². The van der Waals surface area contributed by atoms with Gasteiger partial charge in [-0.3, -0.25) is 0 Å². The van der Waals surface area contributed by atoms with Crippen LogP contribution in [-0.2, 0) is 0 Å². The van der Waals surface area contributed by atoms with E-state index in [9.17, 15) is 5.11 Å². The highest BCUT2D eigenvalue weighted by Gasteiger charge is 2.21. The summed E-state index contributed by atoms with van der Waals surface area (Å²) in [6.07, 6.45) is 4.63. The van der Waals surface area contributed by atoms with E-state index < -0.39 is 0 Å². The van der Waals surface area contributed by atoms with Gasteiger partial charge < -0.3 is 15.2 Å². The van der Waals surface area contributed by atoms with E-state index in [1.54, 1.807) is 0 Å². The van der Waals surface area contributed by atoms with Gasteiger partial charge in [0.15, 0.2) is 0 Å². The van der Waals surface area contributed by atoms with Crippen LogP contribution >= 0.6 is 0 Å². The van der Waals surface area contributed by atoms with Crippen molar-refractivity contribution in [1.82, 2.24) is 5.32 Å². The van der Waals surface area contributed by atoms with Gasteiger partial charge in [0.2, 0.25) is 0 Å². The van der Waals surface area contributed by atoms with E-state index >= 15 is 0 Å². The molecular weight excluding hydrogens is 250 g/mol. The van der Waals surface area contributed by atoms with E-state index in [-0.39, 0.29) is 0 Å². The molecule has 0 radical (unpaired) electrons. The molecule has 0 aliphatic heterocycles. The van der Waals surface area contributed by atoms with E-state index in [4.69, 9.17) is 4.74 Å². The molecule has 3 nitrogen and oxygen atoms in total. The first-order valence-corrected chi connectivity index (χ1v) is 7.82. The fourth-order valence-corrected chi connectivity index (χ4v) is 2.98. The number of nitrogens with one attached hydrogen (secondary N) is 1. The van der Waals surface area contributed by atoms with Crippen LogP contribution in [-0.4, -0.2) is 24.4 Å². The summed E-state index contributed by atoms with van der Waals surface area (Å²) in [6, 6.07) is 9.31. The number of aliphatic hydroxyl groups is 1. The van der Waals surface area contributed by atoms with Crippen molar-refractivity contribution < 1.29 is 9.84 Å². The second-order valence-corrected chi connectivity index (χ2v) is 5.79. The number of aliphatic hydroxyl groups excluding tert-OH is 1. The molecule has 2 rings (SSSR count). The van der Waals surface area contributed by atoms with Crippen molar-refractivity contribution in [2.24, 2.45) is 5.92 Å². The molecule has 0 heterocycles. The van der Waals surface area contributed by atoms with Gasteiger partial charge >= 0.3 is 0 Å². The molecule has 0 amide bonds. The van der Waals surface area contributed by atoms with Gasteiger partial charge in [0, 0.05) is 18.7 Å². The van der Waals surface area contributed by atoms with Crippen molar-refractivity contribution in [3.63, 3.8) is 0 Å². The second kappa shape index (κ2) is 7.65. The summed E-state index contributed by atoms with van der Waals surface area (Å²) in [6.45, 7) is 5.27. The fraction of sp³-hybridized carbons (Fsp3) is 0.647. The van der Waals surface area contributed by atoms with E-state index in [1.165, 1.54) is 18.4 Å². The molecule has 0 saturated heterocycles. The Labute approximate surface area is 122 Å². The minimum Gasteiger partial charge on any atom is -0.494 e. The van der Waals surface area contributed by atoms with Crippen LogP contribution in [0.2, 0.25) is 0 Å². The first-order chi connectivity index (χ1) is 9.72. The molecule has 0 aromatic heterocycles. The molecule has 0 bridgehead atoms. The lowest BCUT2D eigenvalue weighted by Gasteiger charge is -2.30. The lowest BCUT2D eigenvalue weighted by atomic mass is 9.86. The number of hydrogen-bond donors (Lipinski definition) is 2. The third kappa shape index (κ3) is 4.22. The van der Waals surface area contributed by atoms with Gasteiger partial charge in [-0.05, 0) is 63.1 Å². The predicted molar refractivity (Wildman–Crippen MR) is 82.0 cm³/mol. The monoisotopic (exact) mass is 277 g/mol. The number of hydrogen-bond acceptors (Lipinski definition) is 3. The Morgan fingerprint density at radius 3 is 2.40 bits per heavy atom. The highest BCUT2D eigenvalue weighted by molar-refractivity contribution is 5.29. The zero-order valence-corrected chi connectivity index (χ0v) is 12.6. The quantitative estimate of drug-likeness (QED) is 0.838. The van der Waals surface area contributed by atoms with Crippen LogP contribution in [0.15, 0.2) is 24.3 Å². The number of rotatable bonds is 6. The predicted octanol–water partition coefficient (Wildman–Crippen LogP) is 3.29. The van der Waals surface area contributed by atoms with Gasteiger partial charge in [-0.15, -0.1) is 0 Å². The van der Waals surface area contributed by atoms with Crippen LogP contribution in [0.1, 0.15) is 51.1 Å². The molecule has 1 aliphatic carbocycles. The first kappa shape index (κ1) is 15.3. The molecule has 1 fully saturated rings. The molecule has 112 valence electrons. The molecule has 20 heavy (non-hydrogen) atoms. The molecule has 0 spiro atoms. The lowest BCUT2D eigenvalue weighted by molar-refractivity contribution is 0.172. The Balaban J connectivity index is 1.83. The number of ether oxygens (including phenoxy) is 1. The Kier molecular flexibility index (Phi) is 5.86. The Bertz CT molecular complexity index is 382. The third-order valence-corrected chi connectivity index (χ3v) is 4.28. The largest absolute Gasteiger partial charge is 0.494 e. The molecule has 1 saturated carbocycles. The SMILES string of the molecule is CCOc1ccc(C(C)NC2CCC(CO)CC2)cc1. The Hall–Kier alpha value is -1.06. The first-order valence-electron chi connectivity index (χ1n) is 7.82. The average molecular weight is 277 g/mol. The zero-order chi connectivity index (χ0) is 14.4. The molecular formula is C17H27NO2. The Morgan fingerprint density at radius 2 is 1.85 bits per heavy atom. The van der Waals surface area contributed by atoms with E-state index in [1.807, 2.05) is 19.1 Å². The van der Waals surface area contributed by atoms with Crippen LogP contribution < -0.4 is 10.1 Å². The maximum Gasteiger partial charge on any atom is 0.119 e. The minimum atomic E-state index is 0.348. The van der Waals surface area contributed by atoms with Gasteiger partial charge in [0.05, 0.1) is 6.61 Å². The van der Waals surface area contributed by atoms with Crippen LogP contribution in [0.3, 0.4) is 0 Å². The summed E-state index contributed by atoms with van der Waals surface area (Å²) in [5, 5.41) is 12.9. The van der Waals surface area contributed by atoms with Crippen LogP contribution in [0.5, 0.6) is 5.75 Å². The van der Waals surface area contributed by atoms with Crippen molar-refractivity contribution in [2.45, 2.75) is 51.6 Å². The summed E-state index contributed by atoms with van der Waals surface area (Å²) in [5.74, 6) is 1.46. The number of benzene rings is 1. The van der Waals surface area contributed by atoms with Crippen molar-refractivity contribution >= 4 is 0 Å². The molecule has 1 aliphatic rings. The summed E-state index contributed by atoms with van der Waals surface area (Å²) in [7, 11) is 0. The molecule has 3 heteroatoms. The van der Waals surface area contributed by atoms with Crippen molar-refractivity contribution in [1.29, 1.82) is 0 Å². The van der Waals surface area contributed by atoms with Crippen molar-refractivity contribution in [3.8, 4) is 5.75 Å². The van der Waals surface area contributed by atoms with Crippen LogP contribution in [0, 0.1) is 5.92 Å². The Morgan fingerprint density at radius 1 is 1.20 bits per heavy atom. The van der Waals surface area contributed by atoms with E-state index in [0.29, 0.717) is 31.2 Å². The highest BCUT2D eigenvalue weighted by atomic mass is 16.5. The topological polar surface area (TPSA) is 41.5 Å². The van der Waals surface area contributed by atoms with Crippen LogP contribution in [0.25, 0.3) is 0 Å². The molecule has 1 aromatic rings. The van der Waals surface area contributed by atoms with Gasteiger partial charge in [0.1, 0.15) is 5.75 Å². The molecule has 1 aromatic carbocycles. The third-order valence-electron chi connectivity index (χ3n) is 4.28. The standard InChI is InChI=1S/C17H27NO2/c1-3-20-17-10-6-15(7-11-17)13(2)18-16-8-4-14(12-19)5-9-16/h6-7,10-11,13-14,16,18-19H,3-5,8-9,12H2,1-2H3. The smallest absolute Gasteiger partial charge is 0.119 e. The highest BCUT2D eigenvalue weighted by Crippen LogP contribution is 2.26. The minimum absolute atomic E-state index is 0.348. The summed E-state index contributed by atoms with van der Waals surface area (Å²) >= 11 is 0. The molecule has 1 atom stereocenters. The summed E-state index contributed by atoms with van der Waals surface area (Å²) < 4.78 is 5.47. The summed E-state index contributed by atoms with van der Waals surface area (Å²) in [4.78, 5) is 0. The maximum atomic E-state index is 9.17. The van der Waals surface area contributed by atoms with Crippen molar-refractivity contribution in [3.05, 3.63) is 29.8 Å².